The number of rotatable bonds is 6. The van der Waals surface area contributed by atoms with E-state index >= 15 is 0 Å². The molecule has 0 aliphatic rings. The van der Waals surface area contributed by atoms with Gasteiger partial charge in [0, 0.05) is 11.3 Å². The minimum Gasteiger partial charge on any atom is -0.393 e. The smallest absolute Gasteiger partial charge is 0.126 e. The molecule has 3 heteroatoms. The average molecular weight is 264 g/mol. The molecule has 1 atom stereocenters. The van der Waals surface area contributed by atoms with Crippen LogP contribution < -0.4 is 0 Å². The monoisotopic (exact) mass is 264 g/mol. The lowest BCUT2D eigenvalue weighted by molar-refractivity contribution is 0.161. The lowest BCUT2D eigenvalue weighted by Gasteiger charge is -2.10. The molecule has 0 saturated heterocycles. The maximum atomic E-state index is 13.4. The molecule has 0 bridgehead atoms. The molecule has 0 fully saturated rings. The number of thiophene rings is 1. The van der Waals surface area contributed by atoms with Gasteiger partial charge in [0.2, 0.25) is 0 Å². The van der Waals surface area contributed by atoms with Crippen molar-refractivity contribution in [2.75, 3.05) is 0 Å². The number of halogens is 1. The molecular weight excluding hydrogens is 247 g/mol. The maximum absolute atomic E-state index is 13.4. The highest BCUT2D eigenvalue weighted by atomic mass is 32.1. The Hall–Kier alpha value is -1.19. The number of hydrogen-bond acceptors (Lipinski definition) is 2. The van der Waals surface area contributed by atoms with Crippen molar-refractivity contribution >= 4 is 11.3 Å². The maximum Gasteiger partial charge on any atom is 0.126 e. The van der Waals surface area contributed by atoms with Crippen LogP contribution in [0.25, 0.3) is 0 Å². The Labute approximate surface area is 111 Å². The summed E-state index contributed by atoms with van der Waals surface area (Å²) in [6.45, 7) is 0. The molecule has 1 nitrogen and oxygen atoms in total. The molecule has 0 aliphatic heterocycles. The largest absolute Gasteiger partial charge is 0.393 e. The second-order valence-corrected chi connectivity index (χ2v) is 5.45. The van der Waals surface area contributed by atoms with Crippen LogP contribution in [0.1, 0.15) is 23.3 Å². The van der Waals surface area contributed by atoms with E-state index in [-0.39, 0.29) is 5.82 Å². The van der Waals surface area contributed by atoms with Crippen LogP contribution >= 0.6 is 11.3 Å². The highest BCUT2D eigenvalue weighted by Gasteiger charge is 2.09. The van der Waals surface area contributed by atoms with Crippen LogP contribution in [-0.2, 0) is 12.8 Å². The second-order valence-electron chi connectivity index (χ2n) is 4.42. The van der Waals surface area contributed by atoms with Crippen LogP contribution in [0.5, 0.6) is 0 Å². The molecule has 2 aromatic rings. The number of aryl methyl sites for hydroxylation is 1. The third-order valence-electron chi connectivity index (χ3n) is 2.95. The molecule has 0 spiro atoms. The molecule has 1 aromatic heterocycles. The molecule has 1 unspecified atom stereocenters. The van der Waals surface area contributed by atoms with Crippen molar-refractivity contribution in [2.45, 2.75) is 31.8 Å². The van der Waals surface area contributed by atoms with E-state index in [1.165, 1.54) is 10.9 Å². The van der Waals surface area contributed by atoms with Crippen molar-refractivity contribution in [3.05, 3.63) is 58.0 Å². The van der Waals surface area contributed by atoms with Gasteiger partial charge in [0.05, 0.1) is 6.10 Å². The number of aliphatic hydroxyl groups is 1. The van der Waals surface area contributed by atoms with Crippen LogP contribution in [0.2, 0.25) is 0 Å². The van der Waals surface area contributed by atoms with Gasteiger partial charge in [0.25, 0.3) is 0 Å². The summed E-state index contributed by atoms with van der Waals surface area (Å²) in [6, 6.07) is 10.8. The molecule has 2 rings (SSSR count). The minimum atomic E-state index is -0.457. The Morgan fingerprint density at radius 1 is 1.17 bits per heavy atom. The van der Waals surface area contributed by atoms with Crippen LogP contribution in [0.15, 0.2) is 41.8 Å². The van der Waals surface area contributed by atoms with Crippen LogP contribution in [0.3, 0.4) is 0 Å². The topological polar surface area (TPSA) is 20.2 Å². The van der Waals surface area contributed by atoms with Crippen molar-refractivity contribution < 1.29 is 9.50 Å². The fourth-order valence-electron chi connectivity index (χ4n) is 1.99. The van der Waals surface area contributed by atoms with E-state index in [1.807, 2.05) is 6.07 Å². The molecule has 1 aromatic carbocycles. The van der Waals surface area contributed by atoms with Crippen molar-refractivity contribution in [1.82, 2.24) is 0 Å². The predicted molar refractivity (Wildman–Crippen MR) is 73.4 cm³/mol. The third-order valence-corrected chi connectivity index (χ3v) is 3.89. The number of benzene rings is 1. The van der Waals surface area contributed by atoms with Crippen molar-refractivity contribution in [3.8, 4) is 0 Å². The first-order chi connectivity index (χ1) is 8.75. The Kier molecular flexibility index (Phi) is 4.90. The van der Waals surface area contributed by atoms with Gasteiger partial charge in [-0.2, -0.15) is 0 Å². The predicted octanol–water partition coefficient (Wildman–Crippen LogP) is 3.81. The summed E-state index contributed by atoms with van der Waals surface area (Å²) < 4.78 is 13.4. The second kappa shape index (κ2) is 6.66. The molecular formula is C15H17FOS. The molecule has 0 radical (unpaired) electrons. The quantitative estimate of drug-likeness (QED) is 0.841. The zero-order valence-corrected chi connectivity index (χ0v) is 11.0. The van der Waals surface area contributed by atoms with Gasteiger partial charge in [0.15, 0.2) is 0 Å². The summed E-state index contributed by atoms with van der Waals surface area (Å²) in [5, 5.41) is 12.0. The molecule has 1 N–H and O–H groups in total. The third kappa shape index (κ3) is 3.93. The van der Waals surface area contributed by atoms with E-state index in [4.69, 9.17) is 0 Å². The van der Waals surface area contributed by atoms with Crippen molar-refractivity contribution in [2.24, 2.45) is 0 Å². The first kappa shape index (κ1) is 13.2. The first-order valence-corrected chi connectivity index (χ1v) is 7.07. The number of aliphatic hydroxyl groups excluding tert-OH is 1. The number of hydrogen-bond donors (Lipinski definition) is 1. The van der Waals surface area contributed by atoms with Crippen LogP contribution in [0, 0.1) is 5.82 Å². The summed E-state index contributed by atoms with van der Waals surface area (Å²) in [5.74, 6) is -0.227. The zero-order chi connectivity index (χ0) is 12.8. The summed E-state index contributed by atoms with van der Waals surface area (Å²) >= 11 is 1.74. The molecule has 0 saturated carbocycles. The Morgan fingerprint density at radius 3 is 2.72 bits per heavy atom. The summed E-state index contributed by atoms with van der Waals surface area (Å²) in [4.78, 5) is 1.34. The van der Waals surface area contributed by atoms with Crippen LogP contribution in [-0.4, -0.2) is 11.2 Å². The van der Waals surface area contributed by atoms with Gasteiger partial charge < -0.3 is 5.11 Å². The van der Waals surface area contributed by atoms with E-state index in [2.05, 4.69) is 11.4 Å². The highest BCUT2D eigenvalue weighted by Crippen LogP contribution is 2.15. The van der Waals surface area contributed by atoms with E-state index in [0.29, 0.717) is 18.4 Å². The molecule has 0 aliphatic carbocycles. The lowest BCUT2D eigenvalue weighted by atomic mass is 10.0. The van der Waals surface area contributed by atoms with Gasteiger partial charge in [-0.15, -0.1) is 11.3 Å². The van der Waals surface area contributed by atoms with Crippen molar-refractivity contribution in [3.63, 3.8) is 0 Å². The molecule has 18 heavy (non-hydrogen) atoms. The Morgan fingerprint density at radius 2 is 2.00 bits per heavy atom. The Bertz CT molecular complexity index is 467. The fourth-order valence-corrected chi connectivity index (χ4v) is 2.74. The fraction of sp³-hybridized carbons (Fsp3) is 0.333. The lowest BCUT2D eigenvalue weighted by Crippen LogP contribution is -2.11. The van der Waals surface area contributed by atoms with Gasteiger partial charge in [-0.05, 0) is 42.3 Å². The summed E-state index contributed by atoms with van der Waals surface area (Å²) in [5.41, 5.74) is 0.598. The average Bonchev–Trinajstić information content (AvgIpc) is 2.85. The Balaban J connectivity index is 1.75. The van der Waals surface area contributed by atoms with Gasteiger partial charge in [-0.1, -0.05) is 24.3 Å². The molecule has 1 heterocycles. The minimum absolute atomic E-state index is 0.227. The summed E-state index contributed by atoms with van der Waals surface area (Å²) in [7, 11) is 0. The van der Waals surface area contributed by atoms with Gasteiger partial charge in [0.1, 0.15) is 5.82 Å². The van der Waals surface area contributed by atoms with Crippen LogP contribution in [0.4, 0.5) is 4.39 Å². The van der Waals surface area contributed by atoms with Gasteiger partial charge in [-0.3, -0.25) is 0 Å². The van der Waals surface area contributed by atoms with E-state index < -0.39 is 6.10 Å². The van der Waals surface area contributed by atoms with Crippen molar-refractivity contribution in [1.29, 1.82) is 0 Å². The highest BCUT2D eigenvalue weighted by molar-refractivity contribution is 7.09. The van der Waals surface area contributed by atoms with E-state index in [0.717, 1.165) is 12.8 Å². The van der Waals surface area contributed by atoms with Gasteiger partial charge >= 0.3 is 0 Å². The summed E-state index contributed by atoms with van der Waals surface area (Å²) in [6.07, 6.45) is 2.59. The normalized spacial score (nSPS) is 12.6. The zero-order valence-electron chi connectivity index (χ0n) is 10.2. The van der Waals surface area contributed by atoms with E-state index in [1.54, 1.807) is 29.5 Å². The first-order valence-electron chi connectivity index (χ1n) is 6.19. The SMILES string of the molecule is OC(CCCc1cccs1)Cc1ccccc1F. The van der Waals surface area contributed by atoms with E-state index in [9.17, 15) is 9.50 Å². The molecule has 96 valence electrons. The van der Waals surface area contributed by atoms with Gasteiger partial charge in [-0.25, -0.2) is 4.39 Å². The standard InChI is InChI=1S/C15H17FOS/c16-15-9-2-1-5-12(15)11-13(17)6-3-7-14-8-4-10-18-14/h1-2,4-5,8-10,13,17H,3,6-7,11H2. The molecule has 0 amide bonds.